The summed E-state index contributed by atoms with van der Waals surface area (Å²) in [6, 6.07) is -0.160. The summed E-state index contributed by atoms with van der Waals surface area (Å²) >= 11 is 0. The van der Waals surface area contributed by atoms with Gasteiger partial charge in [-0.2, -0.15) is 0 Å². The van der Waals surface area contributed by atoms with E-state index >= 15 is 0 Å². The third kappa shape index (κ3) is 5.67. The van der Waals surface area contributed by atoms with Crippen LogP contribution in [0.4, 0.5) is 0 Å². The lowest BCUT2D eigenvalue weighted by atomic mass is 10.0. The van der Waals surface area contributed by atoms with Crippen LogP contribution >= 0.6 is 0 Å². The molecule has 4 nitrogen and oxygen atoms in total. The summed E-state index contributed by atoms with van der Waals surface area (Å²) in [4.78, 5) is 0. The molecule has 0 fully saturated rings. The number of allylic oxidation sites excluding steroid dienone is 2. The molecule has 104 valence electrons. The molecule has 1 atom stereocenters. The Hall–Kier alpha value is -0.840. The fourth-order valence-electron chi connectivity index (χ4n) is 1.60. The Balaban J connectivity index is 2.35. The fourth-order valence-corrected chi connectivity index (χ4v) is 1.60. The molecule has 0 saturated heterocycles. The Kier molecular flexibility index (Phi) is 5.85. The average Bonchev–Trinajstić information content (AvgIpc) is 2.33. The van der Waals surface area contributed by atoms with E-state index in [0.717, 1.165) is 24.2 Å². The molecule has 0 amide bonds. The second kappa shape index (κ2) is 6.92. The first kappa shape index (κ1) is 15.2. The highest BCUT2D eigenvalue weighted by Crippen LogP contribution is 2.19. The van der Waals surface area contributed by atoms with E-state index in [1.807, 2.05) is 32.9 Å². The standard InChI is InChI=1S/C14H25NO3/c1-14(2,3)18-10-12(15)9-17-13-7-5-4-6-11(13)8-16/h5,7,12,16H,4,6,8-10,15H2,1-3H3. The molecule has 0 heterocycles. The van der Waals surface area contributed by atoms with Crippen molar-refractivity contribution in [2.45, 2.75) is 45.3 Å². The number of aliphatic hydroxyl groups is 1. The molecule has 3 N–H and O–H groups in total. The molecule has 0 saturated carbocycles. The predicted octanol–water partition coefficient (Wildman–Crippen LogP) is 1.74. The van der Waals surface area contributed by atoms with E-state index in [0.29, 0.717) is 13.2 Å². The van der Waals surface area contributed by atoms with Crippen molar-refractivity contribution in [2.75, 3.05) is 19.8 Å². The van der Waals surface area contributed by atoms with Gasteiger partial charge in [0.05, 0.1) is 24.9 Å². The van der Waals surface area contributed by atoms with Crippen LogP contribution < -0.4 is 5.73 Å². The quantitative estimate of drug-likeness (QED) is 0.759. The van der Waals surface area contributed by atoms with Gasteiger partial charge < -0.3 is 20.3 Å². The maximum absolute atomic E-state index is 9.21. The first-order valence-corrected chi connectivity index (χ1v) is 6.44. The first-order chi connectivity index (χ1) is 8.42. The zero-order chi connectivity index (χ0) is 13.6. The summed E-state index contributed by atoms with van der Waals surface area (Å²) in [5.41, 5.74) is 6.69. The van der Waals surface area contributed by atoms with Gasteiger partial charge in [-0.25, -0.2) is 0 Å². The molecule has 18 heavy (non-hydrogen) atoms. The Bertz CT molecular complexity index is 315. The van der Waals surface area contributed by atoms with E-state index in [1.54, 1.807) is 0 Å². The highest BCUT2D eigenvalue weighted by molar-refractivity contribution is 5.24. The molecule has 0 radical (unpaired) electrons. The smallest absolute Gasteiger partial charge is 0.120 e. The molecule has 4 heteroatoms. The number of hydrogen-bond acceptors (Lipinski definition) is 4. The van der Waals surface area contributed by atoms with Crippen LogP contribution in [0.2, 0.25) is 0 Å². The van der Waals surface area contributed by atoms with Crippen LogP contribution in [0.3, 0.4) is 0 Å². The summed E-state index contributed by atoms with van der Waals surface area (Å²) < 4.78 is 11.2. The van der Waals surface area contributed by atoms with Crippen LogP contribution in [0.15, 0.2) is 23.5 Å². The highest BCUT2D eigenvalue weighted by atomic mass is 16.5. The van der Waals surface area contributed by atoms with Gasteiger partial charge in [0.25, 0.3) is 0 Å². The fraction of sp³-hybridized carbons (Fsp3) is 0.714. The van der Waals surface area contributed by atoms with Crippen molar-refractivity contribution in [1.82, 2.24) is 0 Å². The topological polar surface area (TPSA) is 64.7 Å². The summed E-state index contributed by atoms with van der Waals surface area (Å²) in [7, 11) is 0. The minimum Gasteiger partial charge on any atom is -0.492 e. The second-order valence-corrected chi connectivity index (χ2v) is 5.56. The second-order valence-electron chi connectivity index (χ2n) is 5.56. The highest BCUT2D eigenvalue weighted by Gasteiger charge is 2.14. The van der Waals surface area contributed by atoms with Gasteiger partial charge >= 0.3 is 0 Å². The number of nitrogens with two attached hydrogens (primary N) is 1. The monoisotopic (exact) mass is 255 g/mol. The third-order valence-corrected chi connectivity index (χ3v) is 2.60. The van der Waals surface area contributed by atoms with Crippen molar-refractivity contribution in [3.63, 3.8) is 0 Å². The summed E-state index contributed by atoms with van der Waals surface area (Å²) in [6.07, 6.45) is 5.77. The van der Waals surface area contributed by atoms with Crippen LogP contribution in [0, 0.1) is 0 Å². The molecule has 1 aliphatic carbocycles. The van der Waals surface area contributed by atoms with E-state index in [9.17, 15) is 5.11 Å². The molecule has 1 rings (SSSR count). The van der Waals surface area contributed by atoms with Crippen LogP contribution in [-0.2, 0) is 9.47 Å². The summed E-state index contributed by atoms with van der Waals surface area (Å²) in [6.45, 7) is 6.91. The van der Waals surface area contributed by atoms with Crippen molar-refractivity contribution < 1.29 is 14.6 Å². The SMILES string of the molecule is CC(C)(C)OCC(N)COC1=C(CO)CCC=C1. The van der Waals surface area contributed by atoms with Gasteiger partial charge in [0.1, 0.15) is 12.4 Å². The third-order valence-electron chi connectivity index (χ3n) is 2.60. The van der Waals surface area contributed by atoms with E-state index in [1.165, 1.54) is 0 Å². The molecule has 0 aromatic heterocycles. The van der Waals surface area contributed by atoms with E-state index < -0.39 is 0 Å². The van der Waals surface area contributed by atoms with Gasteiger partial charge in [-0.05, 0) is 45.3 Å². The minimum atomic E-state index is -0.183. The Morgan fingerprint density at radius 2 is 2.11 bits per heavy atom. The Labute approximate surface area is 109 Å². The zero-order valence-electron chi connectivity index (χ0n) is 11.6. The lowest BCUT2D eigenvalue weighted by molar-refractivity contribution is -0.0176. The molecule has 0 aromatic carbocycles. The molecule has 0 spiro atoms. The van der Waals surface area contributed by atoms with Crippen LogP contribution in [-0.4, -0.2) is 36.6 Å². The molecule has 1 unspecified atom stereocenters. The lowest BCUT2D eigenvalue weighted by Crippen LogP contribution is -2.35. The van der Waals surface area contributed by atoms with Crippen molar-refractivity contribution in [2.24, 2.45) is 5.73 Å². The number of hydrogen-bond donors (Lipinski definition) is 2. The van der Waals surface area contributed by atoms with Gasteiger partial charge in [-0.1, -0.05) is 6.08 Å². The number of rotatable bonds is 6. The van der Waals surface area contributed by atoms with E-state index in [2.05, 4.69) is 0 Å². The zero-order valence-corrected chi connectivity index (χ0v) is 11.6. The summed E-state index contributed by atoms with van der Waals surface area (Å²) in [5.74, 6) is 0.759. The predicted molar refractivity (Wildman–Crippen MR) is 72.1 cm³/mol. The van der Waals surface area contributed by atoms with E-state index in [4.69, 9.17) is 15.2 Å². The molecule has 0 bridgehead atoms. The van der Waals surface area contributed by atoms with E-state index in [-0.39, 0.29) is 18.2 Å². The molecular weight excluding hydrogens is 230 g/mol. The van der Waals surface area contributed by atoms with Crippen molar-refractivity contribution >= 4 is 0 Å². The van der Waals surface area contributed by atoms with Gasteiger partial charge in [-0.3, -0.25) is 0 Å². The van der Waals surface area contributed by atoms with Crippen LogP contribution in [0.1, 0.15) is 33.6 Å². The minimum absolute atomic E-state index is 0.0490. The van der Waals surface area contributed by atoms with Gasteiger partial charge in [0, 0.05) is 0 Å². The molecule has 0 aliphatic heterocycles. The summed E-state index contributed by atoms with van der Waals surface area (Å²) in [5, 5.41) is 9.21. The molecule has 1 aliphatic rings. The average molecular weight is 255 g/mol. The van der Waals surface area contributed by atoms with Crippen LogP contribution in [0.25, 0.3) is 0 Å². The number of ether oxygens (including phenoxy) is 2. The Morgan fingerprint density at radius 1 is 1.39 bits per heavy atom. The van der Waals surface area contributed by atoms with Gasteiger partial charge in [0.15, 0.2) is 0 Å². The first-order valence-electron chi connectivity index (χ1n) is 6.44. The normalized spacial score (nSPS) is 18.1. The van der Waals surface area contributed by atoms with Gasteiger partial charge in [0.2, 0.25) is 0 Å². The Morgan fingerprint density at radius 3 is 2.72 bits per heavy atom. The largest absolute Gasteiger partial charge is 0.492 e. The number of aliphatic hydroxyl groups excluding tert-OH is 1. The maximum Gasteiger partial charge on any atom is 0.120 e. The van der Waals surface area contributed by atoms with Crippen molar-refractivity contribution in [3.8, 4) is 0 Å². The molecular formula is C14H25NO3. The maximum atomic E-state index is 9.21. The lowest BCUT2D eigenvalue weighted by Gasteiger charge is -2.23. The van der Waals surface area contributed by atoms with Crippen molar-refractivity contribution in [1.29, 1.82) is 0 Å². The molecule has 0 aromatic rings. The van der Waals surface area contributed by atoms with Crippen molar-refractivity contribution in [3.05, 3.63) is 23.5 Å². The van der Waals surface area contributed by atoms with Crippen LogP contribution in [0.5, 0.6) is 0 Å². The van der Waals surface area contributed by atoms with Gasteiger partial charge in [-0.15, -0.1) is 0 Å².